The molecule has 0 aliphatic carbocycles. The van der Waals surface area contributed by atoms with Crippen LogP contribution in [0.5, 0.6) is 0 Å². The van der Waals surface area contributed by atoms with Gasteiger partial charge in [-0.1, -0.05) is 19.1 Å². The number of thiophene rings is 1. The smallest absolute Gasteiger partial charge is 0.271 e. The highest BCUT2D eigenvalue weighted by Crippen LogP contribution is 2.21. The van der Waals surface area contributed by atoms with Gasteiger partial charge in [0.15, 0.2) is 0 Å². The van der Waals surface area contributed by atoms with Gasteiger partial charge < -0.3 is 10.6 Å². The van der Waals surface area contributed by atoms with Crippen LogP contribution in [0, 0.1) is 5.92 Å². The highest BCUT2D eigenvalue weighted by molar-refractivity contribution is 7.94. The van der Waals surface area contributed by atoms with E-state index in [1.165, 1.54) is 0 Å². The normalized spacial score (nSPS) is 20.8. The molecule has 1 amide bonds. The maximum Gasteiger partial charge on any atom is 0.271 e. The Hall–Kier alpha value is -1.90. The molecule has 1 aromatic carbocycles. The van der Waals surface area contributed by atoms with Gasteiger partial charge in [-0.05, 0) is 48.5 Å². The lowest BCUT2D eigenvalue weighted by molar-refractivity contribution is 0.0915. The number of carbonyl (C=O) groups excluding carboxylic acids is 1. The maximum atomic E-state index is 12.5. The van der Waals surface area contributed by atoms with E-state index in [1.807, 2.05) is 0 Å². The molecule has 2 heterocycles. The maximum absolute atomic E-state index is 12.5. The van der Waals surface area contributed by atoms with Crippen molar-refractivity contribution < 1.29 is 13.2 Å². The second-order valence-electron chi connectivity index (χ2n) is 6.17. The van der Waals surface area contributed by atoms with E-state index in [9.17, 15) is 13.2 Å². The molecular weight excluding hydrogens is 358 g/mol. The topological polar surface area (TPSA) is 87.3 Å². The Balaban J connectivity index is 1.72. The number of sulfonamides is 1. The van der Waals surface area contributed by atoms with Gasteiger partial charge in [-0.25, -0.2) is 8.42 Å². The lowest BCUT2D eigenvalue weighted by Crippen LogP contribution is -2.50. The van der Waals surface area contributed by atoms with Gasteiger partial charge in [0.1, 0.15) is 4.21 Å². The van der Waals surface area contributed by atoms with Gasteiger partial charge in [-0.2, -0.15) is 0 Å². The summed E-state index contributed by atoms with van der Waals surface area (Å²) in [6.45, 7) is 3.84. The van der Waals surface area contributed by atoms with E-state index in [2.05, 4.69) is 22.3 Å². The third-order valence-corrected chi connectivity index (χ3v) is 7.06. The minimum absolute atomic E-state index is 0.0766. The van der Waals surface area contributed by atoms with Gasteiger partial charge in [0, 0.05) is 23.8 Å². The third kappa shape index (κ3) is 4.39. The Morgan fingerprint density at radius 2 is 2.12 bits per heavy atom. The molecule has 25 heavy (non-hydrogen) atoms. The first-order valence-corrected chi connectivity index (χ1v) is 10.5. The minimum Gasteiger partial charge on any atom is -0.348 e. The first-order chi connectivity index (χ1) is 12.0. The Morgan fingerprint density at radius 3 is 2.84 bits per heavy atom. The molecule has 1 fully saturated rings. The van der Waals surface area contributed by atoms with Crippen molar-refractivity contribution in [1.29, 1.82) is 0 Å². The lowest BCUT2D eigenvalue weighted by Gasteiger charge is -2.30. The number of hydrogen-bond donors (Lipinski definition) is 3. The first-order valence-electron chi connectivity index (χ1n) is 8.14. The van der Waals surface area contributed by atoms with Crippen molar-refractivity contribution >= 4 is 33.0 Å². The Bertz CT molecular complexity index is 835. The molecule has 1 aliphatic heterocycles. The van der Waals surface area contributed by atoms with Crippen LogP contribution in [0.1, 0.15) is 23.7 Å². The largest absolute Gasteiger partial charge is 0.348 e. The van der Waals surface area contributed by atoms with Crippen molar-refractivity contribution in [2.24, 2.45) is 5.92 Å². The number of nitrogens with one attached hydrogen (secondary N) is 3. The second kappa shape index (κ2) is 7.55. The van der Waals surface area contributed by atoms with E-state index in [1.54, 1.807) is 41.8 Å². The van der Waals surface area contributed by atoms with Crippen LogP contribution in [0.15, 0.2) is 46.0 Å². The second-order valence-corrected chi connectivity index (χ2v) is 9.03. The average molecular weight is 380 g/mol. The molecule has 2 atom stereocenters. The van der Waals surface area contributed by atoms with Gasteiger partial charge in [0.25, 0.3) is 15.9 Å². The van der Waals surface area contributed by atoms with Crippen LogP contribution in [-0.4, -0.2) is 33.5 Å². The van der Waals surface area contributed by atoms with Crippen molar-refractivity contribution in [1.82, 2.24) is 10.6 Å². The van der Waals surface area contributed by atoms with E-state index in [0.29, 0.717) is 17.2 Å². The van der Waals surface area contributed by atoms with Crippen molar-refractivity contribution in [3.63, 3.8) is 0 Å². The fourth-order valence-electron chi connectivity index (χ4n) is 2.78. The standard InChI is InChI=1S/C17H21N3O3S2/c1-12-7-8-18-11-15(12)19-17(21)13-4-2-5-14(10-13)20-25(22,23)16-6-3-9-24-16/h2-6,9-10,12,15,18,20H,7-8,11H2,1H3,(H,19,21). The molecular formula is C17H21N3O3S2. The number of carbonyl (C=O) groups is 1. The van der Waals surface area contributed by atoms with Crippen LogP contribution in [0.25, 0.3) is 0 Å². The SMILES string of the molecule is CC1CCNCC1NC(=O)c1cccc(NS(=O)(=O)c2cccs2)c1. The van der Waals surface area contributed by atoms with Crippen LogP contribution in [-0.2, 0) is 10.0 Å². The van der Waals surface area contributed by atoms with Crippen LogP contribution in [0.3, 0.4) is 0 Å². The molecule has 0 saturated carbocycles. The van der Waals surface area contributed by atoms with E-state index >= 15 is 0 Å². The summed E-state index contributed by atoms with van der Waals surface area (Å²) in [5, 5.41) is 8.01. The van der Waals surface area contributed by atoms with Crippen molar-refractivity contribution in [2.45, 2.75) is 23.6 Å². The number of anilines is 1. The molecule has 2 aromatic rings. The molecule has 3 N–H and O–H groups in total. The van der Waals surface area contributed by atoms with Crippen LogP contribution >= 0.6 is 11.3 Å². The molecule has 1 aromatic heterocycles. The number of benzene rings is 1. The van der Waals surface area contributed by atoms with Gasteiger partial charge in [0.05, 0.1) is 0 Å². The van der Waals surface area contributed by atoms with Crippen molar-refractivity contribution in [3.8, 4) is 0 Å². The Labute approximate surface area is 151 Å². The highest BCUT2D eigenvalue weighted by atomic mass is 32.2. The molecule has 0 spiro atoms. The van der Waals surface area contributed by atoms with Crippen molar-refractivity contribution in [2.75, 3.05) is 17.8 Å². The minimum atomic E-state index is -3.62. The molecule has 0 bridgehead atoms. The summed E-state index contributed by atoms with van der Waals surface area (Å²) in [5.41, 5.74) is 0.806. The number of amides is 1. The monoisotopic (exact) mass is 379 g/mol. The Morgan fingerprint density at radius 1 is 1.28 bits per heavy atom. The van der Waals surface area contributed by atoms with Crippen molar-refractivity contribution in [3.05, 3.63) is 47.3 Å². The van der Waals surface area contributed by atoms with Gasteiger partial charge in [0.2, 0.25) is 0 Å². The molecule has 1 aliphatic rings. The first kappa shape index (κ1) is 17.9. The summed E-state index contributed by atoms with van der Waals surface area (Å²) >= 11 is 1.15. The number of hydrogen-bond acceptors (Lipinski definition) is 5. The van der Waals surface area contributed by atoms with Gasteiger partial charge in [-0.15, -0.1) is 11.3 Å². The van der Waals surface area contributed by atoms with Gasteiger partial charge >= 0.3 is 0 Å². The van der Waals surface area contributed by atoms with Crippen LogP contribution < -0.4 is 15.4 Å². The van der Waals surface area contributed by atoms with Crippen LogP contribution in [0.4, 0.5) is 5.69 Å². The summed E-state index contributed by atoms with van der Waals surface area (Å²) in [6, 6.07) is 9.84. The molecule has 8 heteroatoms. The number of piperidine rings is 1. The Kier molecular flexibility index (Phi) is 5.41. The molecule has 2 unspecified atom stereocenters. The predicted molar refractivity (Wildman–Crippen MR) is 99.5 cm³/mol. The van der Waals surface area contributed by atoms with E-state index in [4.69, 9.17) is 0 Å². The third-order valence-electron chi connectivity index (χ3n) is 4.28. The van der Waals surface area contributed by atoms with E-state index in [-0.39, 0.29) is 16.2 Å². The summed E-state index contributed by atoms with van der Waals surface area (Å²) in [7, 11) is -3.62. The average Bonchev–Trinajstić information content (AvgIpc) is 3.12. The quantitative estimate of drug-likeness (QED) is 0.744. The molecule has 0 radical (unpaired) electrons. The summed E-state index contributed by atoms with van der Waals surface area (Å²) < 4.78 is 27.3. The zero-order chi connectivity index (χ0) is 17.9. The molecule has 1 saturated heterocycles. The molecule has 134 valence electrons. The molecule has 6 nitrogen and oxygen atoms in total. The summed E-state index contributed by atoms with van der Waals surface area (Å²) in [4.78, 5) is 12.5. The predicted octanol–water partition coefficient (Wildman–Crippen LogP) is 2.28. The summed E-state index contributed by atoms with van der Waals surface area (Å²) in [5.74, 6) is 0.212. The molecule has 3 rings (SSSR count). The zero-order valence-corrected chi connectivity index (χ0v) is 15.5. The van der Waals surface area contributed by atoms with Crippen LogP contribution in [0.2, 0.25) is 0 Å². The zero-order valence-electron chi connectivity index (χ0n) is 13.9. The number of rotatable bonds is 5. The fraction of sp³-hybridized carbons (Fsp3) is 0.353. The highest BCUT2D eigenvalue weighted by Gasteiger charge is 2.23. The lowest BCUT2D eigenvalue weighted by atomic mass is 9.94. The fourth-order valence-corrected chi connectivity index (χ4v) is 4.82. The van der Waals surface area contributed by atoms with E-state index in [0.717, 1.165) is 30.8 Å². The van der Waals surface area contributed by atoms with Gasteiger partial charge in [-0.3, -0.25) is 9.52 Å². The van der Waals surface area contributed by atoms with E-state index < -0.39 is 10.0 Å². The summed E-state index contributed by atoms with van der Waals surface area (Å²) in [6.07, 6.45) is 1.02.